The van der Waals surface area contributed by atoms with Gasteiger partial charge in [-0.2, -0.15) is 4.98 Å². The van der Waals surface area contributed by atoms with Crippen LogP contribution in [0.15, 0.2) is 4.52 Å². The maximum atomic E-state index is 12.1. The standard InChI is InChI=1S/C16H25N5O3/c17-15(23)16-19-14(24-20-16)10-18-13(22)7-6-11-4-3-9-21-8-2-1-5-12(11)21/h11-12H,1-10H2,(H2,17,23)(H,18,22)/t11-,12+/m0/s1. The number of nitrogens with two attached hydrogens (primary N) is 1. The average Bonchev–Trinajstić information content (AvgIpc) is 3.07. The third kappa shape index (κ3) is 4.11. The lowest BCUT2D eigenvalue weighted by Crippen LogP contribution is -2.48. The molecular formula is C16H25N5O3. The van der Waals surface area contributed by atoms with Gasteiger partial charge in [-0.25, -0.2) is 0 Å². The molecule has 2 atom stereocenters. The average molecular weight is 335 g/mol. The highest BCUT2D eigenvalue weighted by Gasteiger charge is 2.32. The van der Waals surface area contributed by atoms with Crippen molar-refractivity contribution in [3.05, 3.63) is 11.7 Å². The van der Waals surface area contributed by atoms with Crippen molar-refractivity contribution in [2.24, 2.45) is 11.7 Å². The molecule has 8 heteroatoms. The van der Waals surface area contributed by atoms with Gasteiger partial charge >= 0.3 is 0 Å². The van der Waals surface area contributed by atoms with Crippen LogP contribution in [0.5, 0.6) is 0 Å². The number of nitrogens with zero attached hydrogens (tertiary/aromatic N) is 3. The van der Waals surface area contributed by atoms with Gasteiger partial charge in [0.1, 0.15) is 0 Å². The van der Waals surface area contributed by atoms with E-state index in [-0.39, 0.29) is 24.2 Å². The van der Waals surface area contributed by atoms with Gasteiger partial charge in [-0.15, -0.1) is 0 Å². The Morgan fingerprint density at radius 1 is 1.25 bits per heavy atom. The van der Waals surface area contributed by atoms with Crippen LogP contribution in [0.1, 0.15) is 61.5 Å². The molecule has 1 aromatic heterocycles. The van der Waals surface area contributed by atoms with Crippen molar-refractivity contribution in [3.63, 3.8) is 0 Å². The second-order valence-corrected chi connectivity index (χ2v) is 6.69. The van der Waals surface area contributed by atoms with Gasteiger partial charge in [0, 0.05) is 12.5 Å². The number of hydrogen-bond donors (Lipinski definition) is 2. The molecule has 0 bridgehead atoms. The van der Waals surface area contributed by atoms with Gasteiger partial charge in [-0.05, 0) is 51.1 Å². The molecule has 0 spiro atoms. The normalized spacial score (nSPS) is 24.3. The molecule has 0 aromatic carbocycles. The molecule has 3 heterocycles. The Hall–Kier alpha value is -1.96. The minimum absolute atomic E-state index is 0.0262. The number of carbonyl (C=O) groups is 2. The van der Waals surface area contributed by atoms with E-state index < -0.39 is 5.91 Å². The number of aromatic nitrogens is 2. The highest BCUT2D eigenvalue weighted by Crippen LogP contribution is 2.33. The van der Waals surface area contributed by atoms with E-state index in [4.69, 9.17) is 10.3 Å². The molecule has 0 unspecified atom stereocenters. The van der Waals surface area contributed by atoms with Crippen LogP contribution in [-0.2, 0) is 11.3 Å². The first kappa shape index (κ1) is 16.9. The van der Waals surface area contributed by atoms with Crippen LogP contribution in [0.25, 0.3) is 0 Å². The molecule has 3 N–H and O–H groups in total. The summed E-state index contributed by atoms with van der Waals surface area (Å²) in [5.41, 5.74) is 5.05. The molecule has 3 rings (SSSR count). The molecule has 8 nitrogen and oxygen atoms in total. The second kappa shape index (κ2) is 7.74. The van der Waals surface area contributed by atoms with E-state index in [9.17, 15) is 9.59 Å². The largest absolute Gasteiger partial charge is 0.363 e. The monoisotopic (exact) mass is 335 g/mol. The number of nitrogens with one attached hydrogen (secondary N) is 1. The minimum Gasteiger partial charge on any atom is -0.363 e. The van der Waals surface area contributed by atoms with Crippen molar-refractivity contribution in [2.75, 3.05) is 13.1 Å². The maximum absolute atomic E-state index is 12.1. The van der Waals surface area contributed by atoms with Gasteiger partial charge in [-0.1, -0.05) is 11.6 Å². The molecule has 2 amide bonds. The fraction of sp³-hybridized carbons (Fsp3) is 0.750. The van der Waals surface area contributed by atoms with E-state index in [0.29, 0.717) is 18.4 Å². The van der Waals surface area contributed by atoms with E-state index in [0.717, 1.165) is 6.42 Å². The number of fused-ring (bicyclic) bond motifs is 1. The lowest BCUT2D eigenvalue weighted by Gasteiger charge is -2.44. The van der Waals surface area contributed by atoms with Gasteiger partial charge in [0.05, 0.1) is 6.54 Å². The Labute approximate surface area is 141 Å². The smallest absolute Gasteiger partial charge is 0.290 e. The molecule has 2 aliphatic rings. The van der Waals surface area contributed by atoms with Crippen molar-refractivity contribution in [1.29, 1.82) is 0 Å². The Balaban J connectivity index is 1.42. The van der Waals surface area contributed by atoms with Crippen LogP contribution < -0.4 is 11.1 Å². The maximum Gasteiger partial charge on any atom is 0.290 e. The summed E-state index contributed by atoms with van der Waals surface area (Å²) in [4.78, 5) is 29.4. The van der Waals surface area contributed by atoms with Crippen molar-refractivity contribution in [2.45, 2.75) is 57.5 Å². The van der Waals surface area contributed by atoms with Gasteiger partial charge in [-0.3, -0.25) is 9.59 Å². The number of carbonyl (C=O) groups excluding carboxylic acids is 2. The summed E-state index contributed by atoms with van der Waals surface area (Å²) in [5.74, 6) is -0.130. The molecule has 132 valence electrons. The highest BCUT2D eigenvalue weighted by atomic mass is 16.5. The van der Waals surface area contributed by atoms with E-state index >= 15 is 0 Å². The van der Waals surface area contributed by atoms with Gasteiger partial charge in [0.15, 0.2) is 0 Å². The van der Waals surface area contributed by atoms with Gasteiger partial charge < -0.3 is 20.5 Å². The number of piperidine rings is 2. The molecule has 24 heavy (non-hydrogen) atoms. The molecule has 2 fully saturated rings. The fourth-order valence-corrected chi connectivity index (χ4v) is 3.92. The molecule has 2 aliphatic heterocycles. The van der Waals surface area contributed by atoms with Crippen molar-refractivity contribution < 1.29 is 14.1 Å². The second-order valence-electron chi connectivity index (χ2n) is 6.69. The summed E-state index contributed by atoms with van der Waals surface area (Å²) in [7, 11) is 0. The molecule has 1 aromatic rings. The van der Waals surface area contributed by atoms with Gasteiger partial charge in [0.25, 0.3) is 11.7 Å². The summed E-state index contributed by atoms with van der Waals surface area (Å²) in [6.07, 6.45) is 7.77. The Morgan fingerprint density at radius 2 is 2.08 bits per heavy atom. The molecule has 2 saturated heterocycles. The van der Waals surface area contributed by atoms with Crippen LogP contribution >= 0.6 is 0 Å². The van der Waals surface area contributed by atoms with Crippen LogP contribution in [-0.4, -0.2) is 46.0 Å². The SMILES string of the molecule is NC(=O)c1noc(CNC(=O)CC[C@@H]2CCCN3CCCC[C@H]23)n1. The van der Waals surface area contributed by atoms with Crippen molar-refractivity contribution in [3.8, 4) is 0 Å². The third-order valence-electron chi connectivity index (χ3n) is 5.10. The molecule has 0 saturated carbocycles. The van der Waals surface area contributed by atoms with E-state index in [1.807, 2.05) is 0 Å². The van der Waals surface area contributed by atoms with Crippen molar-refractivity contribution >= 4 is 11.8 Å². The fourth-order valence-electron chi connectivity index (χ4n) is 3.92. The summed E-state index contributed by atoms with van der Waals surface area (Å²) in [5, 5.41) is 6.20. The third-order valence-corrected chi connectivity index (χ3v) is 5.10. The summed E-state index contributed by atoms with van der Waals surface area (Å²) in [6, 6.07) is 0.661. The first-order valence-electron chi connectivity index (χ1n) is 8.76. The highest BCUT2D eigenvalue weighted by molar-refractivity contribution is 5.88. The van der Waals surface area contributed by atoms with Crippen LogP contribution in [0.2, 0.25) is 0 Å². The van der Waals surface area contributed by atoms with Crippen molar-refractivity contribution in [1.82, 2.24) is 20.4 Å². The lowest BCUT2D eigenvalue weighted by atomic mass is 9.81. The topological polar surface area (TPSA) is 114 Å². The summed E-state index contributed by atoms with van der Waals surface area (Å²) in [6.45, 7) is 2.55. The Bertz CT molecular complexity index is 586. The van der Waals surface area contributed by atoms with Crippen LogP contribution in [0.4, 0.5) is 0 Å². The number of hydrogen-bond acceptors (Lipinski definition) is 6. The van der Waals surface area contributed by atoms with Crippen LogP contribution in [0, 0.1) is 5.92 Å². The minimum atomic E-state index is -0.745. The number of primary amides is 1. The first-order chi connectivity index (χ1) is 11.6. The Morgan fingerprint density at radius 3 is 2.88 bits per heavy atom. The Kier molecular flexibility index (Phi) is 5.44. The lowest BCUT2D eigenvalue weighted by molar-refractivity contribution is -0.121. The van der Waals surface area contributed by atoms with Crippen LogP contribution in [0.3, 0.4) is 0 Å². The zero-order valence-electron chi connectivity index (χ0n) is 13.9. The molecule has 0 radical (unpaired) electrons. The van der Waals surface area contributed by atoms with E-state index in [2.05, 4.69) is 20.4 Å². The predicted octanol–water partition coefficient (Wildman–Crippen LogP) is 0.829. The predicted molar refractivity (Wildman–Crippen MR) is 85.8 cm³/mol. The van der Waals surface area contributed by atoms with E-state index in [1.165, 1.54) is 45.2 Å². The summed E-state index contributed by atoms with van der Waals surface area (Å²) >= 11 is 0. The molecular weight excluding hydrogens is 310 g/mol. The molecule has 0 aliphatic carbocycles. The zero-order valence-corrected chi connectivity index (χ0v) is 13.9. The first-order valence-corrected chi connectivity index (χ1v) is 8.76. The van der Waals surface area contributed by atoms with Gasteiger partial charge in [0.2, 0.25) is 11.8 Å². The number of amides is 2. The zero-order chi connectivity index (χ0) is 16.9. The summed E-state index contributed by atoms with van der Waals surface area (Å²) < 4.78 is 4.86. The van der Waals surface area contributed by atoms with E-state index in [1.54, 1.807) is 0 Å². The number of rotatable bonds is 6. The quantitative estimate of drug-likeness (QED) is 0.796.